The molecule has 2 aromatic heterocycles. The van der Waals surface area contributed by atoms with Gasteiger partial charge >= 0.3 is 0 Å². The highest BCUT2D eigenvalue weighted by Gasteiger charge is 2.16. The van der Waals surface area contributed by atoms with Crippen LogP contribution in [-0.2, 0) is 0 Å². The molecule has 0 radical (unpaired) electrons. The normalized spacial score (nSPS) is 11.7. The minimum Gasteiger partial charge on any atom is -0.309 e. The summed E-state index contributed by atoms with van der Waals surface area (Å²) in [6, 6.07) is 38.0. The molecule has 0 aliphatic rings. The molecule has 0 saturated heterocycles. The molecule has 0 aliphatic heterocycles. The maximum absolute atomic E-state index is 6.41. The fraction of sp³-hybridized carbons (Fsp3) is 0. The number of fused-ring (bicyclic) bond motifs is 6. The summed E-state index contributed by atoms with van der Waals surface area (Å²) in [4.78, 5) is 9.25. The van der Waals surface area contributed by atoms with E-state index in [0.717, 1.165) is 44.1 Å². The summed E-state index contributed by atoms with van der Waals surface area (Å²) in [5.74, 6) is 0. The Balaban J connectivity index is 1.60. The first-order valence-corrected chi connectivity index (χ1v) is 11.6. The number of halogens is 1. The molecule has 34 heavy (non-hydrogen) atoms. The first-order valence-electron chi connectivity index (χ1n) is 11.2. The molecule has 0 unspecified atom stereocenters. The number of nitrogens with zero attached hydrogens (tertiary/aromatic N) is 3. The van der Waals surface area contributed by atoms with Gasteiger partial charge in [-0.05, 0) is 52.7 Å². The van der Waals surface area contributed by atoms with Crippen LogP contribution in [0.2, 0.25) is 5.28 Å². The monoisotopic (exact) mass is 455 g/mol. The van der Waals surface area contributed by atoms with Gasteiger partial charge < -0.3 is 4.57 Å². The second kappa shape index (κ2) is 7.41. The summed E-state index contributed by atoms with van der Waals surface area (Å²) in [6.45, 7) is 0. The van der Waals surface area contributed by atoms with E-state index in [2.05, 4.69) is 107 Å². The van der Waals surface area contributed by atoms with E-state index >= 15 is 0 Å². The summed E-state index contributed by atoms with van der Waals surface area (Å²) in [5.41, 5.74) is 6.14. The predicted molar refractivity (Wildman–Crippen MR) is 142 cm³/mol. The summed E-state index contributed by atoms with van der Waals surface area (Å²) in [7, 11) is 0. The van der Waals surface area contributed by atoms with Gasteiger partial charge in [0.05, 0.1) is 22.2 Å². The van der Waals surface area contributed by atoms with Gasteiger partial charge in [-0.25, -0.2) is 9.97 Å². The Morgan fingerprint density at radius 3 is 2.21 bits per heavy atom. The topological polar surface area (TPSA) is 30.7 Å². The lowest BCUT2D eigenvalue weighted by atomic mass is 9.99. The van der Waals surface area contributed by atoms with Crippen molar-refractivity contribution in [1.82, 2.24) is 14.5 Å². The molecule has 0 atom stereocenters. The van der Waals surface area contributed by atoms with Crippen LogP contribution >= 0.6 is 11.6 Å². The van der Waals surface area contributed by atoms with Crippen molar-refractivity contribution in [1.29, 1.82) is 0 Å². The largest absolute Gasteiger partial charge is 0.309 e. The number of hydrogen-bond donors (Lipinski definition) is 0. The number of benzene rings is 5. The van der Waals surface area contributed by atoms with Gasteiger partial charge in [-0.2, -0.15) is 0 Å². The van der Waals surface area contributed by atoms with E-state index in [9.17, 15) is 0 Å². The number of rotatable bonds is 2. The lowest BCUT2D eigenvalue weighted by molar-refractivity contribution is 1.18. The van der Waals surface area contributed by atoms with Crippen LogP contribution in [0.3, 0.4) is 0 Å². The van der Waals surface area contributed by atoms with Gasteiger partial charge in [0.1, 0.15) is 0 Å². The Hall–Kier alpha value is -4.21. The molecule has 5 aromatic carbocycles. The van der Waals surface area contributed by atoms with Crippen LogP contribution in [0.25, 0.3) is 60.4 Å². The molecule has 0 spiro atoms. The van der Waals surface area contributed by atoms with Gasteiger partial charge in [-0.1, -0.05) is 78.9 Å². The Labute approximate surface area is 200 Å². The second-order valence-electron chi connectivity index (χ2n) is 8.44. The van der Waals surface area contributed by atoms with Crippen molar-refractivity contribution < 1.29 is 0 Å². The second-order valence-corrected chi connectivity index (χ2v) is 8.78. The highest BCUT2D eigenvalue weighted by Crippen LogP contribution is 2.37. The molecule has 0 saturated carbocycles. The molecule has 0 aliphatic carbocycles. The van der Waals surface area contributed by atoms with E-state index in [0.29, 0.717) is 0 Å². The number of hydrogen-bond acceptors (Lipinski definition) is 2. The van der Waals surface area contributed by atoms with Crippen LogP contribution < -0.4 is 0 Å². The molecule has 160 valence electrons. The van der Waals surface area contributed by atoms with Gasteiger partial charge in [0, 0.05) is 27.4 Å². The average molecular weight is 456 g/mol. The quantitative estimate of drug-likeness (QED) is 0.194. The van der Waals surface area contributed by atoms with Crippen molar-refractivity contribution in [3.63, 3.8) is 0 Å². The first kappa shape index (κ1) is 19.3. The van der Waals surface area contributed by atoms with Gasteiger partial charge in [-0.15, -0.1) is 0 Å². The predicted octanol–water partition coefficient (Wildman–Crippen LogP) is 8.20. The molecule has 0 amide bonds. The fourth-order valence-corrected chi connectivity index (χ4v) is 5.23. The summed E-state index contributed by atoms with van der Waals surface area (Å²) in [6.07, 6.45) is 0. The highest BCUT2D eigenvalue weighted by molar-refractivity contribution is 6.29. The van der Waals surface area contributed by atoms with Crippen LogP contribution in [-0.4, -0.2) is 14.5 Å². The minimum atomic E-state index is 0.251. The molecular weight excluding hydrogens is 438 g/mol. The highest BCUT2D eigenvalue weighted by atomic mass is 35.5. The fourth-order valence-electron chi connectivity index (χ4n) is 5.06. The van der Waals surface area contributed by atoms with Gasteiger partial charge in [0.25, 0.3) is 0 Å². The van der Waals surface area contributed by atoms with E-state index in [1.54, 1.807) is 0 Å². The zero-order valence-corrected chi connectivity index (χ0v) is 18.9. The maximum Gasteiger partial charge on any atom is 0.223 e. The van der Waals surface area contributed by atoms with Crippen LogP contribution in [0, 0.1) is 0 Å². The maximum atomic E-state index is 6.41. The van der Waals surface area contributed by atoms with Crippen molar-refractivity contribution in [3.05, 3.63) is 114 Å². The van der Waals surface area contributed by atoms with Crippen molar-refractivity contribution in [2.45, 2.75) is 0 Å². The average Bonchev–Trinajstić information content (AvgIpc) is 3.22. The Bertz CT molecular complexity index is 1870. The molecule has 7 rings (SSSR count). The Morgan fingerprint density at radius 1 is 0.588 bits per heavy atom. The lowest BCUT2D eigenvalue weighted by Crippen LogP contribution is -1.95. The van der Waals surface area contributed by atoms with Crippen LogP contribution in [0.5, 0.6) is 0 Å². The van der Waals surface area contributed by atoms with Crippen molar-refractivity contribution in [2.24, 2.45) is 0 Å². The van der Waals surface area contributed by atoms with Crippen molar-refractivity contribution in [2.75, 3.05) is 0 Å². The van der Waals surface area contributed by atoms with Crippen LogP contribution in [0.15, 0.2) is 109 Å². The van der Waals surface area contributed by atoms with Crippen LogP contribution in [0.4, 0.5) is 0 Å². The third kappa shape index (κ3) is 2.84. The smallest absolute Gasteiger partial charge is 0.223 e. The molecule has 4 heteroatoms. The standard InChI is InChI=1S/C30H18ClN3/c31-30-32-25-17-15-19-8-4-5-11-22(19)28(25)29(33-30)20-14-16-24-23-12-6-7-13-26(23)34(27(24)18-20)21-9-2-1-3-10-21/h1-18H. The van der Waals surface area contributed by atoms with E-state index in [1.807, 2.05) is 12.1 Å². The third-order valence-electron chi connectivity index (χ3n) is 6.52. The number of aromatic nitrogens is 3. The summed E-state index contributed by atoms with van der Waals surface area (Å²) < 4.78 is 2.32. The zero-order chi connectivity index (χ0) is 22.6. The van der Waals surface area contributed by atoms with E-state index < -0.39 is 0 Å². The molecule has 0 N–H and O–H groups in total. The molecule has 0 bridgehead atoms. The third-order valence-corrected chi connectivity index (χ3v) is 6.69. The molecule has 0 fully saturated rings. The minimum absolute atomic E-state index is 0.251. The lowest BCUT2D eigenvalue weighted by Gasteiger charge is -2.11. The van der Waals surface area contributed by atoms with Crippen LogP contribution in [0.1, 0.15) is 0 Å². The van der Waals surface area contributed by atoms with Crippen molar-refractivity contribution >= 4 is 55.1 Å². The molecular formula is C30H18ClN3. The zero-order valence-electron chi connectivity index (χ0n) is 18.1. The SMILES string of the molecule is Clc1nc(-c2ccc3c4ccccc4n(-c4ccccc4)c3c2)c2c(ccc3ccccc32)n1. The molecule has 2 heterocycles. The van der Waals surface area contributed by atoms with Gasteiger partial charge in [0.2, 0.25) is 5.28 Å². The van der Waals surface area contributed by atoms with E-state index in [-0.39, 0.29) is 5.28 Å². The molecule has 7 aromatic rings. The first-order chi connectivity index (χ1) is 16.8. The van der Waals surface area contributed by atoms with Crippen molar-refractivity contribution in [3.8, 4) is 16.9 Å². The summed E-state index contributed by atoms with van der Waals surface area (Å²) >= 11 is 6.41. The van der Waals surface area contributed by atoms with E-state index in [1.165, 1.54) is 16.3 Å². The Kier molecular flexibility index (Phi) is 4.20. The summed E-state index contributed by atoms with van der Waals surface area (Å²) in [5, 5.41) is 5.98. The number of para-hydroxylation sites is 2. The Morgan fingerprint density at radius 2 is 1.32 bits per heavy atom. The van der Waals surface area contributed by atoms with Gasteiger partial charge in [0.15, 0.2) is 0 Å². The van der Waals surface area contributed by atoms with E-state index in [4.69, 9.17) is 16.6 Å². The molecule has 3 nitrogen and oxygen atoms in total. The van der Waals surface area contributed by atoms with Gasteiger partial charge in [-0.3, -0.25) is 0 Å².